The molecular weight excluding hydrogens is 391 g/mol. The molecular formula is C12H6Br2N2Ni. The van der Waals surface area contributed by atoms with E-state index in [4.69, 9.17) is 0 Å². The van der Waals surface area contributed by atoms with Gasteiger partial charge in [0, 0.05) is 33.5 Å². The molecule has 1 aromatic carbocycles. The van der Waals surface area contributed by atoms with Crippen molar-refractivity contribution in [2.24, 2.45) is 0 Å². The van der Waals surface area contributed by atoms with Gasteiger partial charge in [-0.25, -0.2) is 4.98 Å². The molecule has 0 bridgehead atoms. The molecule has 3 rings (SSSR count). The fourth-order valence-electron chi connectivity index (χ4n) is 1.73. The summed E-state index contributed by atoms with van der Waals surface area (Å²) in [5, 5.41) is 2.19. The number of pyridine rings is 2. The van der Waals surface area contributed by atoms with Gasteiger partial charge in [0.25, 0.3) is 0 Å². The summed E-state index contributed by atoms with van der Waals surface area (Å²) in [6.07, 6.45) is 1.79. The molecule has 0 atom stereocenters. The zero-order valence-electron chi connectivity index (χ0n) is 8.43. The molecule has 0 aliphatic carbocycles. The molecule has 0 amide bonds. The zero-order chi connectivity index (χ0) is 11.1. The second-order valence-corrected chi connectivity index (χ2v) is 5.08. The van der Waals surface area contributed by atoms with Crippen LogP contribution in [0.15, 0.2) is 45.6 Å². The van der Waals surface area contributed by atoms with E-state index in [1.54, 1.807) is 6.20 Å². The summed E-state index contributed by atoms with van der Waals surface area (Å²) < 4.78 is 1.76. The van der Waals surface area contributed by atoms with Crippen LogP contribution in [-0.2, 0) is 16.5 Å². The van der Waals surface area contributed by atoms with Crippen LogP contribution in [-0.4, -0.2) is 9.97 Å². The molecule has 2 nitrogen and oxygen atoms in total. The Kier molecular flexibility index (Phi) is 3.81. The van der Waals surface area contributed by atoms with Gasteiger partial charge in [-0.2, -0.15) is 0 Å². The number of fused-ring (bicyclic) bond motifs is 3. The zero-order valence-corrected chi connectivity index (χ0v) is 12.6. The van der Waals surface area contributed by atoms with Crippen molar-refractivity contribution >= 4 is 53.7 Å². The summed E-state index contributed by atoms with van der Waals surface area (Å²) in [6.45, 7) is 0. The van der Waals surface area contributed by atoms with E-state index in [-0.39, 0.29) is 16.5 Å². The predicted molar refractivity (Wildman–Crippen MR) is 72.4 cm³/mol. The van der Waals surface area contributed by atoms with E-state index < -0.39 is 0 Å². The molecule has 0 fully saturated rings. The molecule has 2 aromatic heterocycles. The minimum atomic E-state index is 0. The van der Waals surface area contributed by atoms with Crippen LogP contribution in [0.1, 0.15) is 0 Å². The van der Waals surface area contributed by atoms with Gasteiger partial charge in [-0.1, -0.05) is 18.2 Å². The van der Waals surface area contributed by atoms with Gasteiger partial charge in [0.2, 0.25) is 0 Å². The average Bonchev–Trinajstić information content (AvgIpc) is 2.31. The van der Waals surface area contributed by atoms with Gasteiger partial charge in [0.1, 0.15) is 4.60 Å². The Labute approximate surface area is 125 Å². The first-order valence-electron chi connectivity index (χ1n) is 4.75. The summed E-state index contributed by atoms with van der Waals surface area (Å²) in [7, 11) is 0. The molecule has 17 heavy (non-hydrogen) atoms. The first kappa shape index (κ1) is 12.9. The molecule has 0 aliphatic rings. The van der Waals surface area contributed by atoms with Gasteiger partial charge in [-0.15, -0.1) is 0 Å². The van der Waals surface area contributed by atoms with Crippen molar-refractivity contribution in [1.82, 2.24) is 9.97 Å². The van der Waals surface area contributed by atoms with E-state index in [0.717, 1.165) is 30.9 Å². The van der Waals surface area contributed by atoms with Crippen molar-refractivity contribution in [2.45, 2.75) is 0 Å². The Hall–Kier alpha value is -0.506. The number of hydrogen-bond donors (Lipinski definition) is 0. The average molecular weight is 397 g/mol. The third-order valence-electron chi connectivity index (χ3n) is 2.47. The van der Waals surface area contributed by atoms with Gasteiger partial charge < -0.3 is 0 Å². The molecule has 0 spiro atoms. The maximum absolute atomic E-state index is 4.51. The van der Waals surface area contributed by atoms with Crippen molar-refractivity contribution in [1.29, 1.82) is 0 Å². The van der Waals surface area contributed by atoms with Gasteiger partial charge in [-0.05, 0) is 44.0 Å². The Morgan fingerprint density at radius 2 is 1.71 bits per heavy atom. The standard InChI is InChI=1S/C12H6Br2N2.Ni/c13-9-6-8-4-3-7-2-1-5-15-10(7)11(8)16-12(9)14;/h1-6H;. The van der Waals surface area contributed by atoms with E-state index in [9.17, 15) is 0 Å². The number of nitrogens with zero attached hydrogens (tertiary/aromatic N) is 2. The molecule has 5 heteroatoms. The molecule has 88 valence electrons. The quantitative estimate of drug-likeness (QED) is 0.321. The first-order valence-corrected chi connectivity index (χ1v) is 6.34. The van der Waals surface area contributed by atoms with E-state index in [2.05, 4.69) is 54.0 Å². The van der Waals surface area contributed by atoms with E-state index >= 15 is 0 Å². The fraction of sp³-hybridized carbons (Fsp3) is 0. The van der Waals surface area contributed by atoms with Crippen LogP contribution in [0.5, 0.6) is 0 Å². The third-order valence-corrected chi connectivity index (χ3v) is 4.21. The molecule has 0 aliphatic heterocycles. The number of halogens is 2. The van der Waals surface area contributed by atoms with Gasteiger partial charge in [-0.3, -0.25) is 4.98 Å². The number of hydrogen-bond acceptors (Lipinski definition) is 2. The molecule has 0 saturated heterocycles. The SMILES string of the molecule is Brc1cc2ccc3cccnc3c2nc1Br.[Ni]. The van der Waals surface area contributed by atoms with Crippen molar-refractivity contribution < 1.29 is 16.5 Å². The maximum atomic E-state index is 4.51. The van der Waals surface area contributed by atoms with Gasteiger partial charge in [0.15, 0.2) is 0 Å². The van der Waals surface area contributed by atoms with E-state index in [1.165, 1.54) is 0 Å². The molecule has 3 aromatic rings. The second kappa shape index (κ2) is 5.01. The Morgan fingerprint density at radius 3 is 2.53 bits per heavy atom. The normalized spacial score (nSPS) is 10.5. The monoisotopic (exact) mass is 394 g/mol. The largest absolute Gasteiger partial charge is 0.254 e. The molecule has 2 heterocycles. The molecule has 0 N–H and O–H groups in total. The van der Waals surface area contributed by atoms with E-state index in [0.29, 0.717) is 0 Å². The van der Waals surface area contributed by atoms with Crippen molar-refractivity contribution in [2.75, 3.05) is 0 Å². The molecule has 0 saturated carbocycles. The minimum Gasteiger partial charge on any atom is -0.254 e. The summed E-state index contributed by atoms with van der Waals surface area (Å²) in [6, 6.07) is 10.1. The van der Waals surface area contributed by atoms with Crippen molar-refractivity contribution in [3.05, 3.63) is 45.6 Å². The summed E-state index contributed by atoms with van der Waals surface area (Å²) >= 11 is 6.87. The Morgan fingerprint density at radius 1 is 0.941 bits per heavy atom. The number of aromatic nitrogens is 2. The van der Waals surface area contributed by atoms with Crippen LogP contribution in [0.25, 0.3) is 21.8 Å². The number of benzene rings is 1. The predicted octanol–water partition coefficient (Wildman–Crippen LogP) is 4.31. The number of rotatable bonds is 0. The first-order chi connectivity index (χ1) is 7.75. The van der Waals surface area contributed by atoms with Gasteiger partial charge in [0.05, 0.1) is 15.5 Å². The van der Waals surface area contributed by atoms with Crippen LogP contribution < -0.4 is 0 Å². The maximum Gasteiger partial charge on any atom is 0.121 e. The third kappa shape index (κ3) is 2.24. The minimum absolute atomic E-state index is 0. The molecule has 0 radical (unpaired) electrons. The van der Waals surface area contributed by atoms with Crippen LogP contribution in [0.4, 0.5) is 0 Å². The topological polar surface area (TPSA) is 25.8 Å². The Bertz CT molecular complexity index is 700. The van der Waals surface area contributed by atoms with E-state index in [1.807, 2.05) is 18.2 Å². The smallest absolute Gasteiger partial charge is 0.121 e. The Balaban J connectivity index is 0.00000108. The van der Waals surface area contributed by atoms with Crippen molar-refractivity contribution in [3.8, 4) is 0 Å². The van der Waals surface area contributed by atoms with Crippen LogP contribution >= 0.6 is 31.9 Å². The van der Waals surface area contributed by atoms with Crippen LogP contribution in [0.3, 0.4) is 0 Å². The molecule has 0 unspecified atom stereocenters. The summed E-state index contributed by atoms with van der Waals surface area (Å²) in [5.41, 5.74) is 1.86. The second-order valence-electron chi connectivity index (χ2n) is 3.47. The van der Waals surface area contributed by atoms with Crippen molar-refractivity contribution in [3.63, 3.8) is 0 Å². The fourth-order valence-corrected chi connectivity index (χ4v) is 2.35. The van der Waals surface area contributed by atoms with Gasteiger partial charge >= 0.3 is 0 Å². The van der Waals surface area contributed by atoms with Crippen LogP contribution in [0, 0.1) is 0 Å². The summed E-state index contributed by atoms with van der Waals surface area (Å²) in [5.74, 6) is 0. The summed E-state index contributed by atoms with van der Waals surface area (Å²) in [4.78, 5) is 8.89. The van der Waals surface area contributed by atoms with Crippen LogP contribution in [0.2, 0.25) is 0 Å².